The van der Waals surface area contributed by atoms with Gasteiger partial charge in [-0.05, 0) is 59.1 Å². The van der Waals surface area contributed by atoms with E-state index in [0.29, 0.717) is 24.3 Å². The number of nitro groups is 1. The van der Waals surface area contributed by atoms with E-state index in [-0.39, 0.29) is 23.8 Å². The number of hydrogen-bond donors (Lipinski definition) is 1. The van der Waals surface area contributed by atoms with Crippen molar-refractivity contribution in [2.75, 3.05) is 7.05 Å². The normalized spacial score (nSPS) is 13.5. The highest BCUT2D eigenvalue weighted by molar-refractivity contribution is 5.70. The Labute approximate surface area is 160 Å². The van der Waals surface area contributed by atoms with Gasteiger partial charge >= 0.3 is 5.97 Å². The zero-order valence-corrected chi connectivity index (χ0v) is 16.8. The van der Waals surface area contributed by atoms with Gasteiger partial charge in [0.1, 0.15) is 5.60 Å². The molecule has 7 nitrogen and oxygen atoms in total. The van der Waals surface area contributed by atoms with E-state index in [1.807, 2.05) is 39.6 Å². The summed E-state index contributed by atoms with van der Waals surface area (Å²) in [6.45, 7) is 11.8. The van der Waals surface area contributed by atoms with Gasteiger partial charge in [0.2, 0.25) is 0 Å². The summed E-state index contributed by atoms with van der Waals surface area (Å²) in [5.41, 5.74) is 0.273. The summed E-state index contributed by atoms with van der Waals surface area (Å²) in [7, 11) is 1.87. The smallest absolute Gasteiger partial charge is 0.306 e. The van der Waals surface area contributed by atoms with E-state index in [4.69, 9.17) is 4.74 Å². The van der Waals surface area contributed by atoms with Crippen molar-refractivity contribution in [1.82, 2.24) is 4.90 Å². The summed E-state index contributed by atoms with van der Waals surface area (Å²) in [4.78, 5) is 24.0. The number of aliphatic carboxylic acids is 1. The third kappa shape index (κ3) is 7.68. The van der Waals surface area contributed by atoms with Crippen LogP contribution in [0.5, 0.6) is 0 Å². The molecule has 1 unspecified atom stereocenters. The van der Waals surface area contributed by atoms with Crippen LogP contribution in [0, 0.1) is 16.0 Å². The van der Waals surface area contributed by atoms with E-state index in [0.717, 1.165) is 0 Å². The van der Waals surface area contributed by atoms with Crippen LogP contribution in [-0.2, 0) is 16.0 Å². The van der Waals surface area contributed by atoms with E-state index in [1.165, 1.54) is 12.1 Å². The molecule has 2 atom stereocenters. The summed E-state index contributed by atoms with van der Waals surface area (Å²) in [5.74, 6) is -0.971. The van der Waals surface area contributed by atoms with Gasteiger partial charge in [0.25, 0.3) is 5.69 Å². The number of carbonyl (C=O) groups is 1. The molecule has 7 heteroatoms. The Balaban J connectivity index is 2.70. The first kappa shape index (κ1) is 22.5. The van der Waals surface area contributed by atoms with E-state index in [9.17, 15) is 20.0 Å². The molecule has 0 amide bonds. The number of non-ortho nitro benzene ring substituents is 1. The zero-order chi connectivity index (χ0) is 20.8. The molecule has 0 bridgehead atoms. The van der Waals surface area contributed by atoms with Crippen LogP contribution in [0.25, 0.3) is 0 Å². The van der Waals surface area contributed by atoms with E-state index < -0.39 is 16.8 Å². The number of nitrogens with zero attached hydrogens (tertiary/aromatic N) is 2. The molecule has 0 saturated heterocycles. The van der Waals surface area contributed by atoms with Crippen molar-refractivity contribution in [3.8, 4) is 0 Å². The van der Waals surface area contributed by atoms with Gasteiger partial charge in [0, 0.05) is 25.2 Å². The van der Waals surface area contributed by atoms with Crippen LogP contribution < -0.4 is 0 Å². The first-order valence-corrected chi connectivity index (χ1v) is 8.97. The largest absolute Gasteiger partial charge is 0.481 e. The predicted octanol–water partition coefficient (Wildman–Crippen LogP) is 4.22. The Kier molecular flexibility index (Phi) is 7.82. The van der Waals surface area contributed by atoms with Crippen molar-refractivity contribution in [1.29, 1.82) is 0 Å². The number of rotatable bonds is 10. The molecule has 0 spiro atoms. The second-order valence-corrected chi connectivity index (χ2v) is 7.81. The minimum atomic E-state index is -0.902. The van der Waals surface area contributed by atoms with Crippen molar-refractivity contribution >= 4 is 11.7 Å². The maximum Gasteiger partial charge on any atom is 0.306 e. The molecular formula is C20H30N2O5. The number of nitro benzene ring substituents is 1. The maximum atomic E-state index is 11.6. The fourth-order valence-electron chi connectivity index (χ4n) is 2.70. The first-order valence-electron chi connectivity index (χ1n) is 8.97. The second-order valence-electron chi connectivity index (χ2n) is 7.81. The number of ether oxygens (including phenoxy) is 1. The minimum Gasteiger partial charge on any atom is -0.481 e. The molecule has 150 valence electrons. The summed E-state index contributed by atoms with van der Waals surface area (Å²) in [6.07, 6.45) is 1.34. The highest BCUT2D eigenvalue weighted by Gasteiger charge is 2.23. The zero-order valence-electron chi connectivity index (χ0n) is 16.8. The summed E-state index contributed by atoms with van der Waals surface area (Å²) >= 11 is 0. The number of hydrogen-bond acceptors (Lipinski definition) is 5. The Morgan fingerprint density at radius 3 is 2.52 bits per heavy atom. The van der Waals surface area contributed by atoms with Gasteiger partial charge in [-0.25, -0.2) is 0 Å². The Morgan fingerprint density at radius 1 is 1.37 bits per heavy atom. The molecule has 1 N–H and O–H groups in total. The summed E-state index contributed by atoms with van der Waals surface area (Å²) < 4.78 is 5.76. The Bertz CT molecular complexity index is 681. The molecule has 1 aromatic carbocycles. The fourth-order valence-corrected chi connectivity index (χ4v) is 2.70. The van der Waals surface area contributed by atoms with Crippen molar-refractivity contribution in [2.45, 2.75) is 58.6 Å². The van der Waals surface area contributed by atoms with Crippen molar-refractivity contribution in [2.24, 2.45) is 5.92 Å². The van der Waals surface area contributed by atoms with Crippen LogP contribution in [0.15, 0.2) is 36.7 Å². The van der Waals surface area contributed by atoms with Crippen molar-refractivity contribution in [3.05, 3.63) is 52.4 Å². The van der Waals surface area contributed by atoms with Gasteiger partial charge in [0.15, 0.2) is 5.88 Å². The van der Waals surface area contributed by atoms with E-state index >= 15 is 0 Å². The van der Waals surface area contributed by atoms with Gasteiger partial charge in [0.05, 0.1) is 10.8 Å². The van der Waals surface area contributed by atoms with Gasteiger partial charge in [-0.2, -0.15) is 0 Å². The average molecular weight is 378 g/mol. The average Bonchev–Trinajstić information content (AvgIpc) is 2.55. The molecule has 0 aliphatic carbocycles. The topological polar surface area (TPSA) is 92.9 Å². The highest BCUT2D eigenvalue weighted by atomic mass is 16.6. The summed E-state index contributed by atoms with van der Waals surface area (Å²) in [6, 6.07) is 6.18. The van der Waals surface area contributed by atoms with Crippen molar-refractivity contribution in [3.63, 3.8) is 0 Å². The third-order valence-corrected chi connectivity index (χ3v) is 4.36. The van der Waals surface area contributed by atoms with E-state index in [1.54, 1.807) is 12.1 Å². The SMILES string of the molecule is C=C(OC(C)(C)C)N(C)[C@H](C)CCC(Cc1cccc([N+](=O)[O-])c1)C(=O)O. The highest BCUT2D eigenvalue weighted by Crippen LogP contribution is 2.22. The number of carboxylic acid groups (broad SMARTS) is 1. The quantitative estimate of drug-likeness (QED) is 0.372. The fraction of sp³-hybridized carbons (Fsp3) is 0.550. The van der Waals surface area contributed by atoms with Crippen LogP contribution in [0.1, 0.15) is 46.1 Å². The molecule has 0 heterocycles. The monoisotopic (exact) mass is 378 g/mol. The molecule has 0 aromatic heterocycles. The third-order valence-electron chi connectivity index (χ3n) is 4.36. The molecule has 1 aromatic rings. The van der Waals surface area contributed by atoms with Crippen LogP contribution in [0.2, 0.25) is 0 Å². The van der Waals surface area contributed by atoms with Crippen LogP contribution in [-0.4, -0.2) is 39.6 Å². The predicted molar refractivity (Wildman–Crippen MR) is 104 cm³/mol. The lowest BCUT2D eigenvalue weighted by atomic mass is 9.93. The molecule has 1 rings (SSSR count). The lowest BCUT2D eigenvalue weighted by Gasteiger charge is -2.33. The summed E-state index contributed by atoms with van der Waals surface area (Å²) in [5, 5.41) is 20.4. The standard InChI is InChI=1S/C20H30N2O5/c1-14(21(6)15(2)27-20(3,4)5)10-11-17(19(23)24)12-16-8-7-9-18(13-16)22(25)26/h7-9,13-14,17H,2,10-12H2,1,3-6H3,(H,23,24)/t14-,17?/m1/s1. The molecule has 27 heavy (non-hydrogen) atoms. The van der Waals surface area contributed by atoms with Crippen LogP contribution in [0.4, 0.5) is 5.69 Å². The number of benzene rings is 1. The minimum absolute atomic E-state index is 0.0274. The van der Waals surface area contributed by atoms with Crippen molar-refractivity contribution < 1.29 is 19.6 Å². The second kappa shape index (κ2) is 9.39. The van der Waals surface area contributed by atoms with Gasteiger partial charge < -0.3 is 14.7 Å². The maximum absolute atomic E-state index is 11.6. The molecule has 0 aliphatic rings. The van der Waals surface area contributed by atoms with Gasteiger partial charge in [-0.3, -0.25) is 14.9 Å². The lowest BCUT2D eigenvalue weighted by Crippen LogP contribution is -2.33. The molecule has 0 fully saturated rings. The van der Waals surface area contributed by atoms with Gasteiger partial charge in [-0.15, -0.1) is 0 Å². The Hall–Kier alpha value is -2.57. The van der Waals surface area contributed by atoms with E-state index in [2.05, 4.69) is 6.58 Å². The van der Waals surface area contributed by atoms with Crippen LogP contribution in [0.3, 0.4) is 0 Å². The molecule has 0 saturated carbocycles. The molecule has 0 aliphatic heterocycles. The molecule has 0 radical (unpaired) electrons. The molecular weight excluding hydrogens is 348 g/mol. The van der Waals surface area contributed by atoms with Crippen LogP contribution >= 0.6 is 0 Å². The lowest BCUT2D eigenvalue weighted by molar-refractivity contribution is -0.384. The first-order chi connectivity index (χ1) is 12.4. The number of carboxylic acids is 1. The van der Waals surface area contributed by atoms with Gasteiger partial charge in [-0.1, -0.05) is 12.1 Å². The Morgan fingerprint density at radius 2 is 2.00 bits per heavy atom.